The quantitative estimate of drug-likeness (QED) is 0.770. The standard InChI is InChI=1S/C10H12FNO2/c1-6-2-4-7(5-3-6)8(11)9(12)10(13)14/h2-5,8-9H,12H2,1H3,(H,13,14). The van der Waals surface area contributed by atoms with Crippen LogP contribution in [0.2, 0.25) is 0 Å². The summed E-state index contributed by atoms with van der Waals surface area (Å²) >= 11 is 0. The summed E-state index contributed by atoms with van der Waals surface area (Å²) in [6.07, 6.45) is -1.66. The molecule has 1 rings (SSSR count). The van der Waals surface area contributed by atoms with E-state index in [4.69, 9.17) is 10.8 Å². The number of alkyl halides is 1. The lowest BCUT2D eigenvalue weighted by molar-refractivity contribution is -0.140. The first kappa shape index (κ1) is 10.7. The molecule has 0 spiro atoms. The molecule has 76 valence electrons. The van der Waals surface area contributed by atoms with Gasteiger partial charge >= 0.3 is 5.97 Å². The van der Waals surface area contributed by atoms with Crippen molar-refractivity contribution < 1.29 is 14.3 Å². The molecule has 0 radical (unpaired) electrons. The fraction of sp³-hybridized carbons (Fsp3) is 0.300. The van der Waals surface area contributed by atoms with Gasteiger partial charge in [-0.05, 0) is 12.5 Å². The predicted molar refractivity (Wildman–Crippen MR) is 50.6 cm³/mol. The van der Waals surface area contributed by atoms with Crippen molar-refractivity contribution in [1.82, 2.24) is 0 Å². The number of rotatable bonds is 3. The Morgan fingerprint density at radius 2 is 1.93 bits per heavy atom. The van der Waals surface area contributed by atoms with Gasteiger partial charge in [0, 0.05) is 0 Å². The molecule has 0 aliphatic rings. The highest BCUT2D eigenvalue weighted by Gasteiger charge is 2.24. The van der Waals surface area contributed by atoms with Crippen molar-refractivity contribution in [2.45, 2.75) is 19.1 Å². The Morgan fingerprint density at radius 1 is 1.43 bits per heavy atom. The van der Waals surface area contributed by atoms with E-state index in [1.165, 1.54) is 0 Å². The molecular weight excluding hydrogens is 185 g/mol. The molecule has 0 saturated carbocycles. The number of hydrogen-bond donors (Lipinski definition) is 2. The van der Waals surface area contributed by atoms with E-state index in [9.17, 15) is 9.18 Å². The van der Waals surface area contributed by atoms with Gasteiger partial charge in [-0.3, -0.25) is 4.79 Å². The van der Waals surface area contributed by atoms with E-state index in [1.807, 2.05) is 6.92 Å². The van der Waals surface area contributed by atoms with Crippen molar-refractivity contribution in [1.29, 1.82) is 0 Å². The second-order valence-electron chi connectivity index (χ2n) is 3.18. The van der Waals surface area contributed by atoms with Crippen LogP contribution in [0.15, 0.2) is 24.3 Å². The van der Waals surface area contributed by atoms with Gasteiger partial charge in [0.25, 0.3) is 0 Å². The topological polar surface area (TPSA) is 63.3 Å². The Labute approximate surface area is 81.4 Å². The highest BCUT2D eigenvalue weighted by Crippen LogP contribution is 2.20. The zero-order valence-corrected chi connectivity index (χ0v) is 7.77. The van der Waals surface area contributed by atoms with E-state index in [2.05, 4.69) is 0 Å². The highest BCUT2D eigenvalue weighted by atomic mass is 19.1. The van der Waals surface area contributed by atoms with Crippen LogP contribution in [0.5, 0.6) is 0 Å². The number of aliphatic carboxylic acids is 1. The van der Waals surface area contributed by atoms with Crippen LogP contribution < -0.4 is 5.73 Å². The summed E-state index contributed by atoms with van der Waals surface area (Å²) in [6, 6.07) is 5.02. The molecule has 2 atom stereocenters. The maximum atomic E-state index is 13.4. The first-order valence-corrected chi connectivity index (χ1v) is 4.21. The number of halogens is 1. The van der Waals surface area contributed by atoms with Gasteiger partial charge in [0.2, 0.25) is 0 Å². The molecule has 0 bridgehead atoms. The Morgan fingerprint density at radius 3 is 2.36 bits per heavy atom. The Hall–Kier alpha value is -1.42. The van der Waals surface area contributed by atoms with Crippen LogP contribution >= 0.6 is 0 Å². The van der Waals surface area contributed by atoms with Crippen LogP contribution in [0.25, 0.3) is 0 Å². The number of hydrogen-bond acceptors (Lipinski definition) is 2. The van der Waals surface area contributed by atoms with E-state index in [0.717, 1.165) is 5.56 Å². The Kier molecular flexibility index (Phi) is 3.19. The molecule has 4 heteroatoms. The summed E-state index contributed by atoms with van der Waals surface area (Å²) in [5.74, 6) is -1.34. The third-order valence-corrected chi connectivity index (χ3v) is 2.00. The molecule has 3 nitrogen and oxygen atoms in total. The molecule has 0 saturated heterocycles. The number of nitrogens with two attached hydrogens (primary N) is 1. The fourth-order valence-electron chi connectivity index (χ4n) is 1.08. The molecule has 14 heavy (non-hydrogen) atoms. The number of carboxylic acids is 1. The van der Waals surface area contributed by atoms with Gasteiger partial charge in [-0.25, -0.2) is 4.39 Å². The third-order valence-electron chi connectivity index (χ3n) is 2.00. The number of carbonyl (C=O) groups is 1. The summed E-state index contributed by atoms with van der Waals surface area (Å²) < 4.78 is 13.4. The van der Waals surface area contributed by atoms with Gasteiger partial charge < -0.3 is 10.8 Å². The Bertz CT molecular complexity index is 323. The minimum absolute atomic E-state index is 0.297. The van der Waals surface area contributed by atoms with Crippen molar-refractivity contribution in [3.05, 3.63) is 35.4 Å². The molecule has 1 aromatic rings. The van der Waals surface area contributed by atoms with Crippen LogP contribution in [0.1, 0.15) is 17.3 Å². The molecule has 0 aromatic heterocycles. The van der Waals surface area contributed by atoms with E-state index in [0.29, 0.717) is 5.56 Å². The summed E-state index contributed by atoms with van der Waals surface area (Å²) in [5, 5.41) is 8.50. The van der Waals surface area contributed by atoms with Crippen LogP contribution in [0, 0.1) is 6.92 Å². The summed E-state index contributed by atoms with van der Waals surface area (Å²) in [6.45, 7) is 1.87. The van der Waals surface area contributed by atoms with Gasteiger partial charge in [0.05, 0.1) is 0 Å². The van der Waals surface area contributed by atoms with Crippen LogP contribution in [-0.4, -0.2) is 17.1 Å². The minimum atomic E-state index is -1.66. The largest absolute Gasteiger partial charge is 0.480 e. The fourth-order valence-corrected chi connectivity index (χ4v) is 1.08. The molecule has 0 heterocycles. The van der Waals surface area contributed by atoms with Crippen molar-refractivity contribution >= 4 is 5.97 Å². The van der Waals surface area contributed by atoms with Crippen molar-refractivity contribution in [2.75, 3.05) is 0 Å². The van der Waals surface area contributed by atoms with E-state index in [1.54, 1.807) is 24.3 Å². The highest BCUT2D eigenvalue weighted by molar-refractivity contribution is 5.74. The maximum Gasteiger partial charge on any atom is 0.323 e. The predicted octanol–water partition coefficient (Wildman–Crippen LogP) is 1.42. The normalized spacial score (nSPS) is 14.8. The smallest absolute Gasteiger partial charge is 0.323 e. The average Bonchev–Trinajstić information content (AvgIpc) is 2.16. The van der Waals surface area contributed by atoms with Crippen molar-refractivity contribution in [2.24, 2.45) is 5.73 Å². The van der Waals surface area contributed by atoms with Gasteiger partial charge in [0.15, 0.2) is 6.17 Å². The lowest BCUT2D eigenvalue weighted by Gasteiger charge is -2.12. The summed E-state index contributed by atoms with van der Waals surface area (Å²) in [7, 11) is 0. The summed E-state index contributed by atoms with van der Waals surface area (Å²) in [5.41, 5.74) is 6.44. The monoisotopic (exact) mass is 197 g/mol. The molecular formula is C10H12FNO2. The zero-order chi connectivity index (χ0) is 10.7. The first-order chi connectivity index (χ1) is 6.52. The van der Waals surface area contributed by atoms with Crippen LogP contribution in [-0.2, 0) is 4.79 Å². The van der Waals surface area contributed by atoms with E-state index >= 15 is 0 Å². The van der Waals surface area contributed by atoms with Gasteiger partial charge in [0.1, 0.15) is 6.04 Å². The van der Waals surface area contributed by atoms with Crippen LogP contribution in [0.3, 0.4) is 0 Å². The molecule has 0 amide bonds. The second-order valence-corrected chi connectivity index (χ2v) is 3.18. The van der Waals surface area contributed by atoms with Gasteiger partial charge in [-0.1, -0.05) is 29.8 Å². The average molecular weight is 197 g/mol. The maximum absolute atomic E-state index is 13.4. The molecule has 3 N–H and O–H groups in total. The van der Waals surface area contributed by atoms with Gasteiger partial charge in [-0.2, -0.15) is 0 Å². The second kappa shape index (κ2) is 4.19. The minimum Gasteiger partial charge on any atom is -0.480 e. The number of benzene rings is 1. The van der Waals surface area contributed by atoms with E-state index in [-0.39, 0.29) is 0 Å². The summed E-state index contributed by atoms with van der Waals surface area (Å²) in [4.78, 5) is 10.4. The zero-order valence-electron chi connectivity index (χ0n) is 7.77. The molecule has 0 aliphatic carbocycles. The van der Waals surface area contributed by atoms with Gasteiger partial charge in [-0.15, -0.1) is 0 Å². The molecule has 2 unspecified atom stereocenters. The van der Waals surface area contributed by atoms with Crippen molar-refractivity contribution in [3.8, 4) is 0 Å². The lowest BCUT2D eigenvalue weighted by atomic mass is 10.0. The molecule has 0 fully saturated rings. The third kappa shape index (κ3) is 2.29. The van der Waals surface area contributed by atoms with E-state index < -0.39 is 18.2 Å². The van der Waals surface area contributed by atoms with Crippen LogP contribution in [0.4, 0.5) is 4.39 Å². The van der Waals surface area contributed by atoms with Crippen molar-refractivity contribution in [3.63, 3.8) is 0 Å². The lowest BCUT2D eigenvalue weighted by Crippen LogP contribution is -2.34. The molecule has 0 aliphatic heterocycles. The first-order valence-electron chi connectivity index (χ1n) is 4.21. The SMILES string of the molecule is Cc1ccc(C(F)C(N)C(=O)O)cc1. The number of aryl methyl sites for hydroxylation is 1. The molecule has 1 aromatic carbocycles. The number of carboxylic acid groups (broad SMARTS) is 1. The Balaban J connectivity index is 2.84.